The van der Waals surface area contributed by atoms with Gasteiger partial charge < -0.3 is 14.5 Å². The number of sulfonamides is 1. The van der Waals surface area contributed by atoms with Crippen LogP contribution in [-0.2, 0) is 19.5 Å². The molecule has 108 valence electrons. The number of aromatic nitrogens is 1. The number of aromatic amines is 1. The van der Waals surface area contributed by atoms with Crippen molar-refractivity contribution in [1.29, 1.82) is 0 Å². The van der Waals surface area contributed by atoms with Gasteiger partial charge in [-0.1, -0.05) is 11.6 Å². The van der Waals surface area contributed by atoms with Gasteiger partial charge in [-0.15, -0.1) is 0 Å². The fourth-order valence-corrected chi connectivity index (χ4v) is 2.41. The summed E-state index contributed by atoms with van der Waals surface area (Å²) in [5.41, 5.74) is -0.538. The van der Waals surface area contributed by atoms with Crippen LogP contribution in [0.5, 0.6) is 0 Å². The van der Waals surface area contributed by atoms with Crippen molar-refractivity contribution in [3.63, 3.8) is 0 Å². The van der Waals surface area contributed by atoms with Crippen LogP contribution in [0.2, 0.25) is 5.02 Å². The fraction of sp³-hybridized carbons (Fsp3) is 0.500. The average molecular weight is 311 g/mol. The van der Waals surface area contributed by atoms with E-state index in [9.17, 15) is 13.2 Å². The smallest absolute Gasteiger partial charge is 0.266 e. The predicted molar refractivity (Wildman–Crippen MR) is 70.0 cm³/mol. The lowest BCUT2D eigenvalue weighted by Gasteiger charge is -2.07. The third-order valence-corrected chi connectivity index (χ3v) is 3.83. The highest BCUT2D eigenvalue weighted by Gasteiger charge is 2.14. The van der Waals surface area contributed by atoms with Crippen molar-refractivity contribution in [2.45, 2.75) is 4.90 Å². The highest BCUT2D eigenvalue weighted by Crippen LogP contribution is 2.09. The summed E-state index contributed by atoms with van der Waals surface area (Å²) in [6, 6.07) is 1.09. The molecule has 0 saturated heterocycles. The monoisotopic (exact) mass is 310 g/mol. The molecule has 0 fully saturated rings. The van der Waals surface area contributed by atoms with Crippen molar-refractivity contribution in [1.82, 2.24) is 9.71 Å². The molecular formula is C10H15ClN2O5S. The first-order valence-electron chi connectivity index (χ1n) is 5.42. The Kier molecular flexibility index (Phi) is 6.46. The van der Waals surface area contributed by atoms with Gasteiger partial charge in [0.05, 0.1) is 24.7 Å². The molecule has 0 unspecified atom stereocenters. The first kappa shape index (κ1) is 16.1. The first-order chi connectivity index (χ1) is 8.97. The Labute approximate surface area is 115 Å². The molecule has 9 heteroatoms. The van der Waals surface area contributed by atoms with Crippen LogP contribution in [0.4, 0.5) is 0 Å². The van der Waals surface area contributed by atoms with Gasteiger partial charge in [-0.05, 0) is 6.07 Å². The van der Waals surface area contributed by atoms with Crippen LogP contribution in [0.1, 0.15) is 0 Å². The number of H-pyrrole nitrogens is 1. The molecule has 0 aromatic carbocycles. The zero-order valence-corrected chi connectivity index (χ0v) is 11.9. The van der Waals surface area contributed by atoms with E-state index in [1.165, 1.54) is 0 Å². The standard InChI is InChI=1S/C10H15ClN2O5S/c1-17-4-5-18-3-2-13-19(15,16)8-6-9(11)10(14)12-7-8/h6-7,13H,2-5H2,1H3,(H,12,14). The summed E-state index contributed by atoms with van der Waals surface area (Å²) in [6.45, 7) is 1.17. The highest BCUT2D eigenvalue weighted by atomic mass is 35.5. The van der Waals surface area contributed by atoms with Crippen molar-refractivity contribution in [3.05, 3.63) is 27.6 Å². The Bertz CT molecular complexity index is 557. The molecule has 0 aliphatic heterocycles. The molecule has 0 aliphatic carbocycles. The van der Waals surface area contributed by atoms with E-state index in [0.717, 1.165) is 12.3 Å². The molecule has 0 spiro atoms. The van der Waals surface area contributed by atoms with Gasteiger partial charge in [-0.2, -0.15) is 0 Å². The van der Waals surface area contributed by atoms with E-state index in [1.54, 1.807) is 7.11 Å². The number of pyridine rings is 1. The van der Waals surface area contributed by atoms with Crippen LogP contribution in [0.3, 0.4) is 0 Å². The second-order valence-electron chi connectivity index (χ2n) is 3.52. The Morgan fingerprint density at radius 3 is 2.74 bits per heavy atom. The lowest BCUT2D eigenvalue weighted by atomic mass is 10.5. The zero-order chi connectivity index (χ0) is 14.3. The topological polar surface area (TPSA) is 97.5 Å². The molecule has 1 aromatic heterocycles. The third-order valence-electron chi connectivity index (χ3n) is 2.11. The molecule has 0 saturated carbocycles. The number of hydrogen-bond donors (Lipinski definition) is 2. The summed E-state index contributed by atoms with van der Waals surface area (Å²) in [5.74, 6) is 0. The fourth-order valence-electron chi connectivity index (χ4n) is 1.17. The zero-order valence-electron chi connectivity index (χ0n) is 10.3. The van der Waals surface area contributed by atoms with Crippen molar-refractivity contribution < 1.29 is 17.9 Å². The van der Waals surface area contributed by atoms with Crippen molar-refractivity contribution in [3.8, 4) is 0 Å². The van der Waals surface area contributed by atoms with E-state index in [1.807, 2.05) is 0 Å². The molecule has 1 aromatic rings. The quantitative estimate of drug-likeness (QED) is 0.657. The minimum atomic E-state index is -3.71. The van der Waals surface area contributed by atoms with E-state index < -0.39 is 15.6 Å². The van der Waals surface area contributed by atoms with E-state index >= 15 is 0 Å². The van der Waals surface area contributed by atoms with Crippen LogP contribution in [0, 0.1) is 0 Å². The number of halogens is 1. The first-order valence-corrected chi connectivity index (χ1v) is 7.28. The van der Waals surface area contributed by atoms with Gasteiger partial charge in [0.2, 0.25) is 10.0 Å². The van der Waals surface area contributed by atoms with Crippen LogP contribution < -0.4 is 10.3 Å². The largest absolute Gasteiger partial charge is 0.382 e. The van der Waals surface area contributed by atoms with E-state index in [2.05, 4.69) is 9.71 Å². The van der Waals surface area contributed by atoms with Gasteiger partial charge in [-0.25, -0.2) is 13.1 Å². The molecule has 0 aliphatic rings. The Morgan fingerprint density at radius 2 is 2.11 bits per heavy atom. The summed E-state index contributed by atoms with van der Waals surface area (Å²) in [5, 5.41) is -0.181. The molecule has 19 heavy (non-hydrogen) atoms. The summed E-state index contributed by atoms with van der Waals surface area (Å²) < 4.78 is 35.8. The molecule has 0 amide bonds. The van der Waals surface area contributed by atoms with Gasteiger partial charge in [0.1, 0.15) is 5.02 Å². The second kappa shape index (κ2) is 7.61. The van der Waals surface area contributed by atoms with Crippen molar-refractivity contribution in [2.24, 2.45) is 0 Å². The minimum Gasteiger partial charge on any atom is -0.382 e. The van der Waals surface area contributed by atoms with Crippen LogP contribution in [0.25, 0.3) is 0 Å². The lowest BCUT2D eigenvalue weighted by Crippen LogP contribution is -2.28. The van der Waals surface area contributed by atoms with Crippen LogP contribution in [0.15, 0.2) is 22.0 Å². The maximum atomic E-state index is 11.8. The van der Waals surface area contributed by atoms with Gasteiger partial charge >= 0.3 is 0 Å². The lowest BCUT2D eigenvalue weighted by molar-refractivity contribution is 0.0736. The number of ether oxygens (including phenoxy) is 2. The van der Waals surface area contributed by atoms with Crippen LogP contribution in [-0.4, -0.2) is 46.9 Å². The maximum absolute atomic E-state index is 11.8. The van der Waals surface area contributed by atoms with E-state index in [-0.39, 0.29) is 23.1 Å². The van der Waals surface area contributed by atoms with Crippen molar-refractivity contribution in [2.75, 3.05) is 33.5 Å². The number of methoxy groups -OCH3 is 1. The average Bonchev–Trinajstić information content (AvgIpc) is 2.36. The summed E-state index contributed by atoms with van der Waals surface area (Å²) in [4.78, 5) is 13.2. The van der Waals surface area contributed by atoms with Gasteiger partial charge in [0.15, 0.2) is 0 Å². The Balaban J connectivity index is 2.51. The summed E-state index contributed by atoms with van der Waals surface area (Å²) in [7, 11) is -2.16. The van der Waals surface area contributed by atoms with E-state index in [0.29, 0.717) is 13.2 Å². The van der Waals surface area contributed by atoms with Gasteiger partial charge in [-0.3, -0.25) is 4.79 Å². The van der Waals surface area contributed by atoms with Gasteiger partial charge in [0.25, 0.3) is 5.56 Å². The molecular weight excluding hydrogens is 296 g/mol. The molecule has 1 heterocycles. The molecule has 0 bridgehead atoms. The molecule has 0 atom stereocenters. The molecule has 0 radical (unpaired) electrons. The second-order valence-corrected chi connectivity index (χ2v) is 5.69. The van der Waals surface area contributed by atoms with E-state index in [4.69, 9.17) is 21.1 Å². The maximum Gasteiger partial charge on any atom is 0.266 e. The Morgan fingerprint density at radius 1 is 1.37 bits per heavy atom. The number of nitrogens with one attached hydrogen (secondary N) is 2. The highest BCUT2D eigenvalue weighted by molar-refractivity contribution is 7.89. The normalized spacial score (nSPS) is 11.7. The molecule has 1 rings (SSSR count). The third kappa shape index (κ3) is 5.29. The van der Waals surface area contributed by atoms with Crippen molar-refractivity contribution >= 4 is 21.6 Å². The summed E-state index contributed by atoms with van der Waals surface area (Å²) >= 11 is 5.56. The predicted octanol–water partition coefficient (Wildman–Crippen LogP) is -0.0304. The number of hydrogen-bond acceptors (Lipinski definition) is 5. The van der Waals surface area contributed by atoms with Crippen LogP contribution >= 0.6 is 11.6 Å². The summed E-state index contributed by atoms with van der Waals surface area (Å²) in [6.07, 6.45) is 1.09. The van der Waals surface area contributed by atoms with Gasteiger partial charge in [0, 0.05) is 19.9 Å². The Hall–Kier alpha value is -0.930. The SMILES string of the molecule is COCCOCCNS(=O)(=O)c1c[nH]c(=O)c(Cl)c1. The number of rotatable bonds is 8. The molecule has 2 N–H and O–H groups in total. The minimum absolute atomic E-state index is 0.103. The molecule has 7 nitrogen and oxygen atoms in total.